The number of hydrogen-bond donors (Lipinski definition) is 1. The summed E-state index contributed by atoms with van der Waals surface area (Å²) in [4.78, 5) is 12.5. The van der Waals surface area contributed by atoms with Gasteiger partial charge in [-0.25, -0.2) is 8.42 Å². The number of sulfonamides is 1. The highest BCUT2D eigenvalue weighted by Gasteiger charge is 2.26. The van der Waals surface area contributed by atoms with Gasteiger partial charge in [0, 0.05) is 12.7 Å². The number of benzene rings is 2. The molecule has 2 rings (SSSR count). The van der Waals surface area contributed by atoms with Crippen LogP contribution in [0.1, 0.15) is 31.9 Å². The second-order valence-corrected chi connectivity index (χ2v) is 9.78. The summed E-state index contributed by atoms with van der Waals surface area (Å²) in [5.74, 6) is 0.257. The molecule has 0 saturated carbocycles. The Balaban J connectivity index is 2.18. The van der Waals surface area contributed by atoms with Crippen molar-refractivity contribution in [1.82, 2.24) is 4.31 Å². The van der Waals surface area contributed by atoms with Crippen molar-refractivity contribution in [2.45, 2.75) is 38.0 Å². The number of hydrogen-bond acceptors (Lipinski definition) is 4. The van der Waals surface area contributed by atoms with E-state index in [9.17, 15) is 13.2 Å². The van der Waals surface area contributed by atoms with Crippen LogP contribution in [0, 0.1) is 6.92 Å². The first-order valence-corrected chi connectivity index (χ1v) is 10.4. The maximum atomic E-state index is 13.0. The van der Waals surface area contributed by atoms with Gasteiger partial charge in [-0.15, -0.1) is 0 Å². The van der Waals surface area contributed by atoms with E-state index in [0.717, 1.165) is 9.87 Å². The van der Waals surface area contributed by atoms with Gasteiger partial charge in [-0.1, -0.05) is 32.9 Å². The van der Waals surface area contributed by atoms with Crippen LogP contribution >= 0.6 is 0 Å². The number of anilines is 1. The zero-order chi connectivity index (χ0) is 21.1. The maximum Gasteiger partial charge on any atom is 0.243 e. The van der Waals surface area contributed by atoms with Crippen LogP contribution in [0.25, 0.3) is 0 Å². The molecule has 7 heteroatoms. The van der Waals surface area contributed by atoms with Crippen LogP contribution in [0.2, 0.25) is 0 Å². The Labute approximate surface area is 167 Å². The highest BCUT2D eigenvalue weighted by molar-refractivity contribution is 7.89. The van der Waals surface area contributed by atoms with Gasteiger partial charge in [0.1, 0.15) is 5.75 Å². The molecule has 0 spiro atoms. The number of aryl methyl sites for hydroxylation is 1. The Hall–Kier alpha value is -2.38. The maximum absolute atomic E-state index is 13.0. The van der Waals surface area contributed by atoms with Crippen LogP contribution in [0.15, 0.2) is 47.4 Å². The average Bonchev–Trinajstić information content (AvgIpc) is 2.61. The summed E-state index contributed by atoms with van der Waals surface area (Å²) in [5, 5.41) is 2.70. The van der Waals surface area contributed by atoms with E-state index >= 15 is 0 Å². The number of carbonyl (C=O) groups is 1. The first-order chi connectivity index (χ1) is 12.9. The van der Waals surface area contributed by atoms with Gasteiger partial charge in [-0.2, -0.15) is 4.31 Å². The SMILES string of the molecule is COc1ccc(NC(=O)CN(C)S(=O)(=O)c2cc(C(C)(C)C)ccc2C)cc1. The number of nitrogens with one attached hydrogen (secondary N) is 1. The number of ether oxygens (including phenoxy) is 1. The lowest BCUT2D eigenvalue weighted by Crippen LogP contribution is -2.35. The predicted molar refractivity (Wildman–Crippen MR) is 111 cm³/mol. The Kier molecular flexibility index (Phi) is 6.52. The third-order valence-electron chi connectivity index (χ3n) is 4.48. The van der Waals surface area contributed by atoms with Gasteiger partial charge >= 0.3 is 0 Å². The summed E-state index contributed by atoms with van der Waals surface area (Å²) in [6, 6.07) is 12.3. The van der Waals surface area contributed by atoms with Gasteiger partial charge in [0.25, 0.3) is 0 Å². The molecule has 0 aliphatic heterocycles. The van der Waals surface area contributed by atoms with E-state index in [0.29, 0.717) is 17.0 Å². The average molecular weight is 405 g/mol. The Morgan fingerprint density at radius 2 is 1.71 bits per heavy atom. The summed E-state index contributed by atoms with van der Waals surface area (Å²) < 4.78 is 32.2. The number of methoxy groups -OCH3 is 1. The van der Waals surface area contributed by atoms with E-state index in [2.05, 4.69) is 5.32 Å². The zero-order valence-electron chi connectivity index (χ0n) is 17.2. The topological polar surface area (TPSA) is 75.7 Å². The molecule has 0 bridgehead atoms. The van der Waals surface area contributed by atoms with Crippen LogP contribution in [0.3, 0.4) is 0 Å². The molecule has 1 N–H and O–H groups in total. The summed E-state index contributed by atoms with van der Waals surface area (Å²) in [5.41, 5.74) is 1.97. The smallest absolute Gasteiger partial charge is 0.243 e. The molecule has 2 aromatic carbocycles. The van der Waals surface area contributed by atoms with E-state index in [-0.39, 0.29) is 16.9 Å². The summed E-state index contributed by atoms with van der Waals surface area (Å²) >= 11 is 0. The first-order valence-electron chi connectivity index (χ1n) is 8.96. The van der Waals surface area contributed by atoms with Gasteiger partial charge in [0.2, 0.25) is 15.9 Å². The number of nitrogens with zero attached hydrogens (tertiary/aromatic N) is 1. The summed E-state index contributed by atoms with van der Waals surface area (Å²) in [6.07, 6.45) is 0. The Morgan fingerprint density at radius 3 is 2.25 bits per heavy atom. The Morgan fingerprint density at radius 1 is 1.11 bits per heavy atom. The third kappa shape index (κ3) is 5.11. The molecular weight excluding hydrogens is 376 g/mol. The van der Waals surface area contributed by atoms with Gasteiger partial charge in [-0.3, -0.25) is 4.79 Å². The molecule has 0 aromatic heterocycles. The second kappa shape index (κ2) is 8.32. The molecule has 6 nitrogen and oxygen atoms in total. The van der Waals surface area contributed by atoms with E-state index in [1.54, 1.807) is 50.4 Å². The van der Waals surface area contributed by atoms with Crippen LogP contribution in [-0.4, -0.2) is 39.3 Å². The normalized spacial score (nSPS) is 12.1. The summed E-state index contributed by atoms with van der Waals surface area (Å²) in [7, 11) is -0.830. The molecule has 28 heavy (non-hydrogen) atoms. The van der Waals surface area contributed by atoms with Crippen LogP contribution < -0.4 is 10.1 Å². The van der Waals surface area contributed by atoms with Gasteiger partial charge < -0.3 is 10.1 Å². The van der Waals surface area contributed by atoms with Crippen LogP contribution in [0.5, 0.6) is 5.75 Å². The van der Waals surface area contributed by atoms with Crippen LogP contribution in [-0.2, 0) is 20.2 Å². The van der Waals surface area contributed by atoms with E-state index < -0.39 is 15.9 Å². The molecule has 0 radical (unpaired) electrons. The van der Waals surface area contributed by atoms with Crippen molar-refractivity contribution in [3.63, 3.8) is 0 Å². The van der Waals surface area contributed by atoms with Crippen molar-refractivity contribution in [2.75, 3.05) is 26.0 Å². The van der Waals surface area contributed by atoms with Crippen molar-refractivity contribution < 1.29 is 17.9 Å². The molecule has 0 unspecified atom stereocenters. The first kappa shape index (κ1) is 21.9. The Bertz CT molecular complexity index is 945. The number of likely N-dealkylation sites (N-methyl/N-ethyl adjacent to an activating group) is 1. The van der Waals surface area contributed by atoms with E-state index in [1.165, 1.54) is 7.05 Å². The number of carbonyl (C=O) groups excluding carboxylic acids is 1. The molecule has 2 aromatic rings. The standard InChI is InChI=1S/C21H28N2O4S/c1-15-7-8-16(21(2,3)4)13-19(15)28(25,26)23(5)14-20(24)22-17-9-11-18(27-6)12-10-17/h7-13H,14H2,1-6H3,(H,22,24). The van der Waals surface area contributed by atoms with Gasteiger partial charge in [0.05, 0.1) is 18.6 Å². The molecule has 0 atom stereocenters. The zero-order valence-corrected chi connectivity index (χ0v) is 18.1. The largest absolute Gasteiger partial charge is 0.497 e. The molecule has 0 aliphatic rings. The highest BCUT2D eigenvalue weighted by atomic mass is 32.2. The highest BCUT2D eigenvalue weighted by Crippen LogP contribution is 2.28. The lowest BCUT2D eigenvalue weighted by Gasteiger charge is -2.23. The second-order valence-electron chi connectivity index (χ2n) is 7.77. The van der Waals surface area contributed by atoms with Crippen molar-refractivity contribution in [2.24, 2.45) is 0 Å². The van der Waals surface area contributed by atoms with Crippen molar-refractivity contribution in [3.8, 4) is 5.75 Å². The third-order valence-corrected chi connectivity index (χ3v) is 6.43. The van der Waals surface area contributed by atoms with Gasteiger partial charge in [-0.05, 0) is 53.8 Å². The summed E-state index contributed by atoms with van der Waals surface area (Å²) in [6.45, 7) is 7.55. The number of amides is 1. The minimum atomic E-state index is -3.80. The van der Waals surface area contributed by atoms with Crippen molar-refractivity contribution in [3.05, 3.63) is 53.6 Å². The van der Waals surface area contributed by atoms with E-state index in [4.69, 9.17) is 4.74 Å². The molecule has 0 heterocycles. The fourth-order valence-corrected chi connectivity index (χ4v) is 4.05. The van der Waals surface area contributed by atoms with Crippen LogP contribution in [0.4, 0.5) is 5.69 Å². The monoisotopic (exact) mass is 404 g/mol. The fraction of sp³-hybridized carbons (Fsp3) is 0.381. The fourth-order valence-electron chi connectivity index (χ4n) is 2.67. The molecule has 1 amide bonds. The molecule has 152 valence electrons. The van der Waals surface area contributed by atoms with Gasteiger partial charge in [0.15, 0.2) is 0 Å². The predicted octanol–water partition coefficient (Wildman–Crippen LogP) is 3.56. The van der Waals surface area contributed by atoms with E-state index in [1.807, 2.05) is 26.8 Å². The molecule has 0 saturated heterocycles. The van der Waals surface area contributed by atoms with Crippen molar-refractivity contribution in [1.29, 1.82) is 0 Å². The molecule has 0 aliphatic carbocycles. The molecular formula is C21H28N2O4S. The lowest BCUT2D eigenvalue weighted by molar-refractivity contribution is -0.116. The number of rotatable bonds is 6. The van der Waals surface area contributed by atoms with Crippen molar-refractivity contribution >= 4 is 21.6 Å². The molecule has 0 fully saturated rings. The minimum absolute atomic E-state index is 0.178. The lowest BCUT2D eigenvalue weighted by atomic mass is 9.87. The minimum Gasteiger partial charge on any atom is -0.497 e. The quantitative estimate of drug-likeness (QED) is 0.799.